The number of carbonyl (C=O) groups excluding carboxylic acids is 1. The summed E-state index contributed by atoms with van der Waals surface area (Å²) in [5.41, 5.74) is 6.45. The Morgan fingerprint density at radius 3 is 2.80 bits per heavy atom. The molecule has 7 nitrogen and oxygen atoms in total. The zero-order valence-corrected chi connectivity index (χ0v) is 15.6. The van der Waals surface area contributed by atoms with Gasteiger partial charge in [0.1, 0.15) is 5.76 Å². The number of unbranched alkanes of at least 4 members (excludes halogenated alkanes) is 1. The predicted octanol–water partition coefficient (Wildman–Crippen LogP) is 2.53. The third-order valence-corrected chi connectivity index (χ3v) is 4.35. The van der Waals surface area contributed by atoms with Crippen LogP contribution in [0.2, 0.25) is 0 Å². The van der Waals surface area contributed by atoms with Gasteiger partial charge in [0.25, 0.3) is 6.01 Å². The third-order valence-electron chi connectivity index (χ3n) is 4.35. The van der Waals surface area contributed by atoms with Gasteiger partial charge < -0.3 is 24.5 Å². The maximum absolute atomic E-state index is 12.2. The van der Waals surface area contributed by atoms with Crippen LogP contribution in [0.4, 0.5) is 6.01 Å². The highest BCUT2D eigenvalue weighted by atomic mass is 16.5. The highest BCUT2D eigenvalue weighted by Crippen LogP contribution is 2.24. The summed E-state index contributed by atoms with van der Waals surface area (Å²) in [6, 6.07) is 0.471. The first-order chi connectivity index (χ1) is 12.1. The molecule has 1 saturated heterocycles. The van der Waals surface area contributed by atoms with Crippen molar-refractivity contribution in [3.8, 4) is 0 Å². The van der Waals surface area contributed by atoms with Crippen LogP contribution in [0, 0.1) is 0 Å². The van der Waals surface area contributed by atoms with Crippen molar-refractivity contribution in [1.29, 1.82) is 0 Å². The van der Waals surface area contributed by atoms with Crippen LogP contribution in [0.15, 0.2) is 4.42 Å². The molecule has 2 rings (SSSR count). The SMILES string of the molecule is CCCCOC(=O)c1nc(N2CC[C@@H](N)[C@@H](OCCC)C2)oc1CC. The van der Waals surface area contributed by atoms with Crippen molar-refractivity contribution in [3.63, 3.8) is 0 Å². The van der Waals surface area contributed by atoms with E-state index in [9.17, 15) is 4.79 Å². The number of aromatic nitrogens is 1. The number of oxazole rings is 1. The summed E-state index contributed by atoms with van der Waals surface area (Å²) in [6.45, 7) is 8.52. The van der Waals surface area contributed by atoms with Gasteiger partial charge >= 0.3 is 5.97 Å². The fourth-order valence-corrected chi connectivity index (χ4v) is 2.81. The highest BCUT2D eigenvalue weighted by molar-refractivity contribution is 5.88. The van der Waals surface area contributed by atoms with E-state index in [4.69, 9.17) is 19.6 Å². The Hall–Kier alpha value is -1.60. The topological polar surface area (TPSA) is 90.8 Å². The average Bonchev–Trinajstić information content (AvgIpc) is 3.05. The van der Waals surface area contributed by atoms with Gasteiger partial charge in [0, 0.05) is 25.6 Å². The van der Waals surface area contributed by atoms with E-state index in [0.717, 1.165) is 32.2 Å². The lowest BCUT2D eigenvalue weighted by Crippen LogP contribution is -2.52. The van der Waals surface area contributed by atoms with Gasteiger partial charge in [0.05, 0.1) is 19.3 Å². The fraction of sp³-hybridized carbons (Fsp3) is 0.778. The minimum atomic E-state index is -0.409. The first-order valence-electron chi connectivity index (χ1n) is 9.39. The Kier molecular flexibility index (Phi) is 7.71. The summed E-state index contributed by atoms with van der Waals surface area (Å²) in [6.07, 6.45) is 4.12. The van der Waals surface area contributed by atoms with E-state index in [0.29, 0.717) is 38.0 Å². The monoisotopic (exact) mass is 353 g/mol. The molecule has 0 spiro atoms. The maximum atomic E-state index is 12.2. The van der Waals surface area contributed by atoms with E-state index in [2.05, 4.69) is 18.8 Å². The lowest BCUT2D eigenvalue weighted by Gasteiger charge is -2.35. The number of ether oxygens (including phenoxy) is 2. The Labute approximate surface area is 149 Å². The molecule has 2 heterocycles. The van der Waals surface area contributed by atoms with Crippen LogP contribution in [0.3, 0.4) is 0 Å². The van der Waals surface area contributed by atoms with Crippen LogP contribution in [0.1, 0.15) is 62.7 Å². The van der Waals surface area contributed by atoms with E-state index in [1.807, 2.05) is 11.8 Å². The lowest BCUT2D eigenvalue weighted by atomic mass is 10.0. The van der Waals surface area contributed by atoms with Gasteiger partial charge in [-0.1, -0.05) is 27.2 Å². The largest absolute Gasteiger partial charge is 0.461 e. The van der Waals surface area contributed by atoms with Crippen molar-refractivity contribution in [2.45, 2.75) is 65.0 Å². The fourth-order valence-electron chi connectivity index (χ4n) is 2.81. The van der Waals surface area contributed by atoms with Crippen LogP contribution in [-0.4, -0.2) is 49.4 Å². The standard InChI is InChI=1S/C18H31N3O4/c1-4-7-11-24-17(22)16-14(6-3)25-18(20-16)21-9-8-13(19)15(12-21)23-10-5-2/h13,15H,4-12,19H2,1-3H3/t13-,15+/m1/s1. The van der Waals surface area contributed by atoms with Crippen molar-refractivity contribution in [1.82, 2.24) is 4.98 Å². The summed E-state index contributed by atoms with van der Waals surface area (Å²) in [5, 5.41) is 0. The van der Waals surface area contributed by atoms with Gasteiger partial charge in [-0.25, -0.2) is 4.79 Å². The number of hydrogen-bond acceptors (Lipinski definition) is 7. The first kappa shape index (κ1) is 19.7. The second-order valence-corrected chi connectivity index (χ2v) is 6.42. The molecule has 0 amide bonds. The Morgan fingerprint density at radius 1 is 1.32 bits per heavy atom. The molecule has 2 N–H and O–H groups in total. The van der Waals surface area contributed by atoms with Crippen molar-refractivity contribution in [3.05, 3.63) is 11.5 Å². The highest BCUT2D eigenvalue weighted by Gasteiger charge is 2.31. The van der Waals surface area contributed by atoms with E-state index in [1.54, 1.807) is 0 Å². The number of hydrogen-bond donors (Lipinski definition) is 1. The van der Waals surface area contributed by atoms with E-state index in [1.165, 1.54) is 0 Å². The minimum absolute atomic E-state index is 0.0156. The van der Waals surface area contributed by atoms with Crippen molar-refractivity contribution < 1.29 is 18.7 Å². The molecule has 1 aliphatic heterocycles. The molecule has 1 fully saturated rings. The molecule has 25 heavy (non-hydrogen) atoms. The third kappa shape index (κ3) is 5.19. The number of nitrogens with zero attached hydrogens (tertiary/aromatic N) is 2. The molecule has 1 aliphatic rings. The molecule has 0 aliphatic carbocycles. The van der Waals surface area contributed by atoms with Crippen LogP contribution >= 0.6 is 0 Å². The predicted molar refractivity (Wildman–Crippen MR) is 95.9 cm³/mol. The minimum Gasteiger partial charge on any atom is -0.461 e. The lowest BCUT2D eigenvalue weighted by molar-refractivity contribution is 0.0300. The molecule has 0 saturated carbocycles. The molecule has 0 unspecified atom stereocenters. The average molecular weight is 353 g/mol. The smallest absolute Gasteiger partial charge is 0.360 e. The number of rotatable bonds is 9. The van der Waals surface area contributed by atoms with Gasteiger partial charge in [-0.3, -0.25) is 0 Å². The Balaban J connectivity index is 2.07. The van der Waals surface area contributed by atoms with Crippen LogP contribution < -0.4 is 10.6 Å². The summed E-state index contributed by atoms with van der Waals surface area (Å²) in [7, 11) is 0. The van der Waals surface area contributed by atoms with Crippen molar-refractivity contribution in [2.75, 3.05) is 31.2 Å². The van der Waals surface area contributed by atoms with Gasteiger partial charge in [-0.15, -0.1) is 0 Å². The zero-order valence-electron chi connectivity index (χ0n) is 15.6. The van der Waals surface area contributed by atoms with Gasteiger partial charge in [0.15, 0.2) is 5.69 Å². The molecule has 0 radical (unpaired) electrons. The Morgan fingerprint density at radius 2 is 2.12 bits per heavy atom. The number of anilines is 1. The summed E-state index contributed by atoms with van der Waals surface area (Å²) >= 11 is 0. The summed E-state index contributed by atoms with van der Waals surface area (Å²) in [5.74, 6) is 0.158. The molecule has 0 bridgehead atoms. The zero-order chi connectivity index (χ0) is 18.2. The van der Waals surface area contributed by atoms with Gasteiger partial charge in [-0.2, -0.15) is 4.98 Å². The molecule has 1 aromatic rings. The molecule has 0 aromatic carbocycles. The van der Waals surface area contributed by atoms with Crippen LogP contribution in [-0.2, 0) is 15.9 Å². The molecule has 2 atom stereocenters. The Bertz CT molecular complexity index is 546. The summed E-state index contributed by atoms with van der Waals surface area (Å²) < 4.78 is 17.0. The molecular weight excluding hydrogens is 322 g/mol. The van der Waals surface area contributed by atoms with Crippen molar-refractivity contribution >= 4 is 12.0 Å². The van der Waals surface area contributed by atoms with E-state index >= 15 is 0 Å². The number of esters is 1. The number of nitrogens with two attached hydrogens (primary N) is 1. The quantitative estimate of drug-likeness (QED) is 0.539. The van der Waals surface area contributed by atoms with Crippen LogP contribution in [0.5, 0.6) is 0 Å². The van der Waals surface area contributed by atoms with Gasteiger partial charge in [0.2, 0.25) is 0 Å². The van der Waals surface area contributed by atoms with Gasteiger partial charge in [-0.05, 0) is 19.3 Å². The number of carbonyl (C=O) groups is 1. The molecular formula is C18H31N3O4. The maximum Gasteiger partial charge on any atom is 0.360 e. The van der Waals surface area contributed by atoms with E-state index < -0.39 is 5.97 Å². The van der Waals surface area contributed by atoms with Crippen molar-refractivity contribution in [2.24, 2.45) is 5.73 Å². The van der Waals surface area contributed by atoms with Crippen LogP contribution in [0.25, 0.3) is 0 Å². The first-order valence-corrected chi connectivity index (χ1v) is 9.39. The molecule has 7 heteroatoms. The summed E-state index contributed by atoms with van der Waals surface area (Å²) in [4.78, 5) is 18.7. The second-order valence-electron chi connectivity index (χ2n) is 6.42. The number of aryl methyl sites for hydroxylation is 1. The molecule has 1 aromatic heterocycles. The van der Waals surface area contributed by atoms with E-state index in [-0.39, 0.29) is 17.8 Å². The second kappa shape index (κ2) is 9.77. The molecule has 142 valence electrons. The number of piperidine rings is 1. The normalized spacial score (nSPS) is 20.7.